The van der Waals surface area contributed by atoms with Crippen LogP contribution in [0.2, 0.25) is 16.6 Å². The first kappa shape index (κ1) is 41.4. The van der Waals surface area contributed by atoms with E-state index in [2.05, 4.69) is 56.4 Å². The number of nitro benzene ring substituents is 1. The van der Waals surface area contributed by atoms with Gasteiger partial charge in [-0.2, -0.15) is 0 Å². The van der Waals surface area contributed by atoms with Gasteiger partial charge in [0.25, 0.3) is 5.69 Å². The summed E-state index contributed by atoms with van der Waals surface area (Å²) in [7, 11) is 6.95. The summed E-state index contributed by atoms with van der Waals surface area (Å²) in [6.07, 6.45) is 3.16. The summed E-state index contributed by atoms with van der Waals surface area (Å²) < 4.78 is 20.4. The largest absolute Gasteiger partial charge is 0.494 e. The number of ether oxygens (including phenoxy) is 2. The van der Waals surface area contributed by atoms with Crippen molar-refractivity contribution in [1.29, 1.82) is 0 Å². The maximum absolute atomic E-state index is 12.3. The molecule has 0 unspecified atom stereocenters. The van der Waals surface area contributed by atoms with Gasteiger partial charge in [-0.25, -0.2) is 15.0 Å². The van der Waals surface area contributed by atoms with E-state index in [0.29, 0.717) is 59.0 Å². The quantitative estimate of drug-likeness (QED) is 0.0405. The van der Waals surface area contributed by atoms with E-state index < -0.39 is 8.32 Å². The van der Waals surface area contributed by atoms with Crippen LogP contribution in [0.4, 0.5) is 23.0 Å². The lowest BCUT2D eigenvalue weighted by Crippen LogP contribution is -2.48. The van der Waals surface area contributed by atoms with Crippen molar-refractivity contribution in [3.05, 3.63) is 70.7 Å². The Morgan fingerprint density at radius 2 is 1.62 bits per heavy atom. The summed E-state index contributed by atoms with van der Waals surface area (Å²) in [4.78, 5) is 30.4. The third-order valence-electron chi connectivity index (χ3n) is 9.89. The van der Waals surface area contributed by atoms with E-state index in [9.17, 15) is 10.1 Å². The van der Waals surface area contributed by atoms with Crippen LogP contribution in [-0.2, 0) is 22.3 Å². The van der Waals surface area contributed by atoms with E-state index in [1.807, 2.05) is 67.3 Å². The molecule has 0 aliphatic carbocycles. The van der Waals surface area contributed by atoms with Gasteiger partial charge in [0.15, 0.2) is 8.32 Å². The molecular formula is C39H58N8O5Si. The van der Waals surface area contributed by atoms with Gasteiger partial charge in [-0.05, 0) is 43.2 Å². The maximum Gasteiger partial charge on any atom is 0.294 e. The third kappa shape index (κ3) is 9.60. The monoisotopic (exact) mass is 746 g/mol. The third-order valence-corrected chi connectivity index (χ3v) is 16.0. The fourth-order valence-corrected chi connectivity index (χ4v) is 12.9. The lowest BCUT2D eigenvalue weighted by molar-refractivity contribution is -0.384. The number of aryl methyl sites for hydroxylation is 1. The number of likely N-dealkylation sites (N-methyl/N-ethyl adjacent to an activating group) is 2. The smallest absolute Gasteiger partial charge is 0.294 e. The minimum Gasteiger partial charge on any atom is -0.494 e. The molecule has 4 rings (SSSR count). The van der Waals surface area contributed by atoms with Crippen molar-refractivity contribution in [2.24, 2.45) is 0 Å². The first-order valence-electron chi connectivity index (χ1n) is 18.3. The van der Waals surface area contributed by atoms with Gasteiger partial charge in [0.1, 0.15) is 24.0 Å². The summed E-state index contributed by atoms with van der Waals surface area (Å²) in [6, 6.07) is 15.0. The van der Waals surface area contributed by atoms with Crippen LogP contribution in [0.1, 0.15) is 53.8 Å². The lowest BCUT2D eigenvalue weighted by atomic mass is 10.1. The zero-order chi connectivity index (χ0) is 38.9. The second-order valence-corrected chi connectivity index (χ2v) is 20.1. The Morgan fingerprint density at radius 3 is 2.21 bits per heavy atom. The van der Waals surface area contributed by atoms with E-state index in [0.717, 1.165) is 35.7 Å². The first-order chi connectivity index (χ1) is 25.2. The van der Waals surface area contributed by atoms with Gasteiger partial charge >= 0.3 is 0 Å². The van der Waals surface area contributed by atoms with Crippen LogP contribution in [0.5, 0.6) is 5.75 Å². The number of nitro groups is 1. The summed E-state index contributed by atoms with van der Waals surface area (Å²) >= 11 is 0. The highest BCUT2D eigenvalue weighted by atomic mass is 28.4. The predicted molar refractivity (Wildman–Crippen MR) is 216 cm³/mol. The number of hydrogen-bond acceptors (Lipinski definition) is 11. The highest BCUT2D eigenvalue weighted by Gasteiger charge is 2.44. The number of benzene rings is 2. The molecule has 0 radical (unpaired) electrons. The van der Waals surface area contributed by atoms with Crippen LogP contribution >= 0.6 is 0 Å². The minimum atomic E-state index is -2.00. The van der Waals surface area contributed by atoms with Crippen LogP contribution in [0, 0.1) is 10.1 Å². The van der Waals surface area contributed by atoms with E-state index in [-0.39, 0.29) is 23.3 Å². The molecule has 0 saturated carbocycles. The van der Waals surface area contributed by atoms with Crippen LogP contribution in [0.15, 0.2) is 54.7 Å². The molecule has 2 aromatic heterocycles. The second-order valence-electron chi connectivity index (χ2n) is 14.6. The molecule has 2 heterocycles. The fraction of sp³-hybridized carbons (Fsp3) is 0.513. The summed E-state index contributed by atoms with van der Waals surface area (Å²) in [5, 5.41) is 15.4. The van der Waals surface area contributed by atoms with Crippen molar-refractivity contribution < 1.29 is 18.8 Å². The normalized spacial score (nSPS) is 12.0. The Labute approximate surface area is 316 Å². The molecule has 14 heteroatoms. The Morgan fingerprint density at radius 1 is 0.943 bits per heavy atom. The average Bonchev–Trinajstić information content (AvgIpc) is 3.48. The van der Waals surface area contributed by atoms with Crippen LogP contribution in [0.3, 0.4) is 0 Å². The van der Waals surface area contributed by atoms with Gasteiger partial charge in [0, 0.05) is 64.2 Å². The fourth-order valence-electron chi connectivity index (χ4n) is 7.41. The zero-order valence-electron chi connectivity index (χ0n) is 33.3. The summed E-state index contributed by atoms with van der Waals surface area (Å²) in [5.74, 6) is 1.55. The van der Waals surface area contributed by atoms with Crippen molar-refractivity contribution in [1.82, 2.24) is 24.4 Å². The van der Waals surface area contributed by atoms with Crippen molar-refractivity contribution >= 4 is 31.3 Å². The number of rotatable bonds is 20. The Kier molecular flexibility index (Phi) is 14.5. The predicted octanol–water partition coefficient (Wildman–Crippen LogP) is 8.39. The highest BCUT2D eigenvalue weighted by molar-refractivity contribution is 6.77. The molecule has 0 saturated heterocycles. The minimum absolute atomic E-state index is 0.0565. The van der Waals surface area contributed by atoms with Crippen LogP contribution < -0.4 is 15.0 Å². The number of methoxy groups -OCH3 is 2. The molecule has 4 aromatic rings. The summed E-state index contributed by atoms with van der Waals surface area (Å²) in [5.41, 5.74) is 5.41. The van der Waals surface area contributed by atoms with Gasteiger partial charge in [-0.15, -0.1) is 0 Å². The molecule has 2 aromatic carbocycles. The molecule has 288 valence electrons. The standard InChI is InChI=1S/C39H58N8O5Si/c1-27(2)53(28(3)4,29(5)6)52-23-15-18-36-43-37(30-16-13-12-14-17-30)38(46(36)26-50-10)31-19-20-40-39(41-31)42-32-24-34(47(48)49)33(25-35(32)51-11)45(9)22-21-44(7)8/h12-14,16-17,19-20,24-25,27-29H,15,18,21-23,26H2,1-11H3,(H,40,41,42). The average molecular weight is 747 g/mol. The first-order valence-corrected chi connectivity index (χ1v) is 20.5. The SMILES string of the molecule is COCn1c(CCCO[Si](C(C)C)(C(C)C)C(C)C)nc(-c2ccccc2)c1-c1ccnc(Nc2cc([N+](=O)[O-])c(N(C)CCN(C)C)cc2OC)n1. The number of imidazole rings is 1. The number of nitrogens with one attached hydrogen (secondary N) is 1. The number of hydrogen-bond donors (Lipinski definition) is 1. The van der Waals surface area contributed by atoms with Gasteiger partial charge in [0.05, 0.1) is 34.8 Å². The molecule has 0 spiro atoms. The van der Waals surface area contributed by atoms with Gasteiger partial charge in [-0.1, -0.05) is 71.9 Å². The van der Waals surface area contributed by atoms with Crippen LogP contribution in [-0.4, -0.2) is 92.7 Å². The Bertz CT molecular complexity index is 1780. The number of anilines is 3. The topological polar surface area (TPSA) is 133 Å². The summed E-state index contributed by atoms with van der Waals surface area (Å²) in [6.45, 7) is 16.1. The van der Waals surface area contributed by atoms with Gasteiger partial charge < -0.3 is 33.6 Å². The van der Waals surface area contributed by atoms with Gasteiger partial charge in [-0.3, -0.25) is 10.1 Å². The molecule has 0 fully saturated rings. The van der Waals surface area contributed by atoms with Crippen molar-refractivity contribution in [3.8, 4) is 28.4 Å². The maximum atomic E-state index is 12.3. The molecule has 0 amide bonds. The second kappa shape index (κ2) is 18.6. The molecule has 0 bridgehead atoms. The Balaban J connectivity index is 1.73. The van der Waals surface area contributed by atoms with Crippen molar-refractivity contribution in [3.63, 3.8) is 0 Å². The molecule has 0 aliphatic heterocycles. The van der Waals surface area contributed by atoms with Crippen LogP contribution in [0.25, 0.3) is 22.6 Å². The van der Waals surface area contributed by atoms with E-state index in [1.54, 1.807) is 19.4 Å². The molecule has 0 aliphatic rings. The van der Waals surface area contributed by atoms with Crippen molar-refractivity contribution in [2.75, 3.05) is 65.3 Å². The molecule has 13 nitrogen and oxygen atoms in total. The highest BCUT2D eigenvalue weighted by Crippen LogP contribution is 2.43. The van der Waals surface area contributed by atoms with Gasteiger partial charge in [0.2, 0.25) is 5.95 Å². The number of aromatic nitrogens is 4. The zero-order valence-corrected chi connectivity index (χ0v) is 34.3. The molecule has 1 N–H and O–H groups in total. The van der Waals surface area contributed by atoms with E-state index >= 15 is 0 Å². The lowest BCUT2D eigenvalue weighted by Gasteiger charge is -2.42. The molecular weight excluding hydrogens is 689 g/mol. The molecule has 53 heavy (non-hydrogen) atoms. The molecule has 0 atom stereocenters. The number of nitrogens with zero attached hydrogens (tertiary/aromatic N) is 7. The van der Waals surface area contributed by atoms with Crippen molar-refractivity contribution in [2.45, 2.75) is 77.7 Å². The van der Waals surface area contributed by atoms with E-state index in [1.165, 1.54) is 13.2 Å². The Hall–Kier alpha value is -4.37. The van der Waals surface area contributed by atoms with E-state index in [4.69, 9.17) is 23.9 Å².